The van der Waals surface area contributed by atoms with Crippen molar-refractivity contribution in [2.75, 3.05) is 40.9 Å². The van der Waals surface area contributed by atoms with E-state index in [1.165, 1.54) is 57.8 Å². The summed E-state index contributed by atoms with van der Waals surface area (Å²) in [5.41, 5.74) is 0. The number of aliphatic hydroxyl groups excluding tert-OH is 1. The Bertz CT molecular complexity index is 585. The molecule has 0 aliphatic rings. The third-order valence-corrected chi connectivity index (χ3v) is 7.34. The number of nitrogens with zero attached hydrogens (tertiary/aromatic N) is 1. The van der Waals surface area contributed by atoms with Gasteiger partial charge in [-0.3, -0.25) is 13.8 Å². The lowest BCUT2D eigenvalue weighted by atomic mass is 10.0. The number of hydrogen-bond acceptors (Lipinski definition) is 5. The number of nitrogens with one attached hydrogen (secondary N) is 1. The number of carbonyl (C=O) groups is 1. The first-order valence-corrected chi connectivity index (χ1v) is 15.9. The lowest BCUT2D eigenvalue weighted by Crippen LogP contribution is -2.46. The monoisotopic (exact) mass is 537 g/mol. The van der Waals surface area contributed by atoms with Crippen LogP contribution in [0.15, 0.2) is 0 Å². The van der Waals surface area contributed by atoms with Crippen LogP contribution < -0.4 is 5.32 Å². The maximum absolute atomic E-state index is 12.3. The van der Waals surface area contributed by atoms with Crippen molar-refractivity contribution < 1.29 is 32.9 Å². The lowest BCUT2D eigenvalue weighted by molar-refractivity contribution is -0.870. The Morgan fingerprint density at radius 1 is 0.833 bits per heavy atom. The van der Waals surface area contributed by atoms with E-state index in [0.717, 1.165) is 32.1 Å². The average Bonchev–Trinajstić information content (AvgIpc) is 2.79. The first-order chi connectivity index (χ1) is 17.0. The van der Waals surface area contributed by atoms with E-state index >= 15 is 0 Å². The molecule has 0 aliphatic carbocycles. The maximum atomic E-state index is 12.3. The summed E-state index contributed by atoms with van der Waals surface area (Å²) < 4.78 is 23.1. The van der Waals surface area contributed by atoms with Crippen LogP contribution >= 0.6 is 7.82 Å². The molecule has 0 fully saturated rings. The number of hydrogen-bond donors (Lipinski definition) is 3. The molecule has 0 rings (SSSR count). The zero-order valence-electron chi connectivity index (χ0n) is 24.0. The largest absolute Gasteiger partial charge is 0.472 e. The molecule has 3 atom stereocenters. The minimum atomic E-state index is -4.27. The quantitative estimate of drug-likeness (QED) is 0.0755. The van der Waals surface area contributed by atoms with E-state index in [0.29, 0.717) is 23.9 Å². The predicted octanol–water partition coefficient (Wildman–Crippen LogP) is 5.95. The molecule has 0 spiro atoms. The summed E-state index contributed by atoms with van der Waals surface area (Å²) in [6.07, 6.45) is 16.5. The van der Waals surface area contributed by atoms with Gasteiger partial charge in [0.25, 0.3) is 0 Å². The summed E-state index contributed by atoms with van der Waals surface area (Å²) in [6, 6.07) is -0.746. The fourth-order valence-corrected chi connectivity index (χ4v) is 4.64. The molecule has 0 radical (unpaired) electrons. The minimum absolute atomic E-state index is 0.0756. The van der Waals surface area contributed by atoms with Gasteiger partial charge in [-0.15, -0.1) is 0 Å². The fraction of sp³-hybridized carbons (Fsp3) is 0.963. The molecule has 0 heterocycles. The van der Waals surface area contributed by atoms with E-state index in [9.17, 15) is 19.4 Å². The number of phosphoric acid groups is 1. The van der Waals surface area contributed by atoms with Crippen LogP contribution in [0.5, 0.6) is 0 Å². The van der Waals surface area contributed by atoms with Gasteiger partial charge in [0.05, 0.1) is 39.9 Å². The SMILES string of the molecule is CCCCCCCCCCCCCCC(O)C(COP(=O)(O)OCC[N+](C)(C)C)NC(=O)CCCC. The Morgan fingerprint density at radius 2 is 1.33 bits per heavy atom. The molecular formula is C27H58N2O6P+. The third kappa shape index (κ3) is 22.7. The molecule has 0 saturated carbocycles. The van der Waals surface area contributed by atoms with Crippen LogP contribution in [0.25, 0.3) is 0 Å². The fourth-order valence-electron chi connectivity index (χ4n) is 3.90. The van der Waals surface area contributed by atoms with Crippen molar-refractivity contribution in [2.45, 2.75) is 129 Å². The van der Waals surface area contributed by atoms with E-state index in [-0.39, 0.29) is 19.1 Å². The standard InChI is InChI=1S/C27H57N2O6P/c1-6-8-10-11-12-13-14-15-16-17-18-19-20-26(30)25(28-27(31)21-9-7-2)24-35-36(32,33)34-23-22-29(3,4)5/h25-26,30H,6-24H2,1-5H3,(H-,28,31,32,33)/p+1. The highest BCUT2D eigenvalue weighted by molar-refractivity contribution is 7.47. The zero-order chi connectivity index (χ0) is 27.3. The summed E-state index contributed by atoms with van der Waals surface area (Å²) in [6.45, 7) is 4.61. The van der Waals surface area contributed by atoms with E-state index < -0.39 is 20.0 Å². The Hall–Kier alpha value is -0.500. The van der Waals surface area contributed by atoms with Gasteiger partial charge in [0, 0.05) is 6.42 Å². The highest BCUT2D eigenvalue weighted by atomic mass is 31.2. The van der Waals surface area contributed by atoms with Gasteiger partial charge in [0.1, 0.15) is 13.2 Å². The number of amides is 1. The first kappa shape index (κ1) is 35.5. The highest BCUT2D eigenvalue weighted by Crippen LogP contribution is 2.43. The molecule has 3 unspecified atom stereocenters. The number of aliphatic hydroxyl groups is 1. The number of phosphoric ester groups is 1. The number of quaternary nitrogens is 1. The molecule has 0 aliphatic heterocycles. The molecule has 0 bridgehead atoms. The Morgan fingerprint density at radius 3 is 1.83 bits per heavy atom. The molecule has 0 aromatic rings. The Balaban J connectivity index is 4.36. The highest BCUT2D eigenvalue weighted by Gasteiger charge is 2.28. The van der Waals surface area contributed by atoms with Gasteiger partial charge >= 0.3 is 7.82 Å². The van der Waals surface area contributed by atoms with E-state index in [4.69, 9.17) is 9.05 Å². The topological polar surface area (TPSA) is 105 Å². The van der Waals surface area contributed by atoms with Crippen molar-refractivity contribution in [1.29, 1.82) is 0 Å². The van der Waals surface area contributed by atoms with Crippen molar-refractivity contribution in [3.8, 4) is 0 Å². The van der Waals surface area contributed by atoms with Gasteiger partial charge in [-0.1, -0.05) is 97.3 Å². The van der Waals surface area contributed by atoms with E-state index in [1.54, 1.807) is 0 Å². The average molecular weight is 538 g/mol. The molecular weight excluding hydrogens is 479 g/mol. The number of unbranched alkanes of at least 4 members (excludes halogenated alkanes) is 12. The summed E-state index contributed by atoms with van der Waals surface area (Å²) in [7, 11) is 1.61. The predicted molar refractivity (Wildman–Crippen MR) is 148 cm³/mol. The summed E-state index contributed by atoms with van der Waals surface area (Å²) in [5, 5.41) is 13.5. The second kappa shape index (κ2) is 21.4. The van der Waals surface area contributed by atoms with Crippen LogP contribution in [0.2, 0.25) is 0 Å². The number of carbonyl (C=O) groups excluding carboxylic acids is 1. The molecule has 0 aromatic carbocycles. The molecule has 8 nitrogen and oxygen atoms in total. The lowest BCUT2D eigenvalue weighted by Gasteiger charge is -2.26. The van der Waals surface area contributed by atoms with Crippen LogP contribution in [0, 0.1) is 0 Å². The minimum Gasteiger partial charge on any atom is -0.391 e. The normalized spacial score (nSPS) is 15.4. The summed E-state index contributed by atoms with van der Waals surface area (Å²) in [4.78, 5) is 22.3. The number of rotatable bonds is 25. The van der Waals surface area contributed by atoms with Gasteiger partial charge in [-0.05, 0) is 12.8 Å². The van der Waals surface area contributed by atoms with Crippen LogP contribution in [-0.2, 0) is 18.4 Å². The third-order valence-electron chi connectivity index (χ3n) is 6.36. The Kier molecular flexibility index (Phi) is 21.1. The van der Waals surface area contributed by atoms with E-state index in [2.05, 4.69) is 12.2 Å². The van der Waals surface area contributed by atoms with Gasteiger partial charge in [0.2, 0.25) is 5.91 Å². The van der Waals surface area contributed by atoms with Crippen LogP contribution in [0.3, 0.4) is 0 Å². The molecule has 1 amide bonds. The van der Waals surface area contributed by atoms with Crippen molar-refractivity contribution in [3.63, 3.8) is 0 Å². The first-order valence-electron chi connectivity index (χ1n) is 14.4. The van der Waals surface area contributed by atoms with Gasteiger partial charge in [-0.25, -0.2) is 4.57 Å². The number of likely N-dealkylation sites (N-methyl/N-ethyl adjacent to an activating group) is 1. The van der Waals surface area contributed by atoms with Crippen LogP contribution in [0.1, 0.15) is 117 Å². The second-order valence-corrected chi connectivity index (χ2v) is 12.6. The van der Waals surface area contributed by atoms with Crippen molar-refractivity contribution in [2.24, 2.45) is 0 Å². The molecule has 0 aromatic heterocycles. The maximum Gasteiger partial charge on any atom is 0.472 e. The van der Waals surface area contributed by atoms with Gasteiger partial charge in [0.15, 0.2) is 0 Å². The molecule has 36 heavy (non-hydrogen) atoms. The molecule has 3 N–H and O–H groups in total. The Labute approximate surface area is 221 Å². The van der Waals surface area contributed by atoms with Crippen LogP contribution in [0.4, 0.5) is 0 Å². The zero-order valence-corrected chi connectivity index (χ0v) is 24.9. The molecule has 9 heteroatoms. The van der Waals surface area contributed by atoms with Crippen molar-refractivity contribution in [1.82, 2.24) is 5.32 Å². The summed E-state index contributed by atoms with van der Waals surface area (Å²) in [5.74, 6) is -0.182. The summed E-state index contributed by atoms with van der Waals surface area (Å²) >= 11 is 0. The van der Waals surface area contributed by atoms with Crippen molar-refractivity contribution in [3.05, 3.63) is 0 Å². The van der Waals surface area contributed by atoms with Gasteiger partial charge < -0.3 is 19.8 Å². The second-order valence-electron chi connectivity index (χ2n) is 11.1. The van der Waals surface area contributed by atoms with Crippen LogP contribution in [-0.4, -0.2) is 73.4 Å². The van der Waals surface area contributed by atoms with Crippen molar-refractivity contribution >= 4 is 13.7 Å². The van der Waals surface area contributed by atoms with E-state index in [1.807, 2.05) is 28.1 Å². The van der Waals surface area contributed by atoms with Gasteiger partial charge in [-0.2, -0.15) is 0 Å². The molecule has 0 saturated heterocycles. The smallest absolute Gasteiger partial charge is 0.391 e. The molecule has 216 valence electrons.